The number of allylic oxidation sites excluding steroid dienone is 1. The Labute approximate surface area is 124 Å². The molecule has 0 aromatic heterocycles. The predicted octanol–water partition coefficient (Wildman–Crippen LogP) is 5.69. The molecule has 2 aromatic carbocycles. The molecule has 0 aliphatic carbocycles. The zero-order chi connectivity index (χ0) is 14.6. The van der Waals surface area contributed by atoms with Gasteiger partial charge in [0.25, 0.3) is 0 Å². The van der Waals surface area contributed by atoms with Crippen molar-refractivity contribution in [3.8, 4) is 0 Å². The summed E-state index contributed by atoms with van der Waals surface area (Å²) in [7, 11) is 0. The van der Waals surface area contributed by atoms with E-state index in [2.05, 4.69) is 74.2 Å². The van der Waals surface area contributed by atoms with Crippen molar-refractivity contribution in [1.29, 1.82) is 0 Å². The summed E-state index contributed by atoms with van der Waals surface area (Å²) in [4.78, 5) is 0. The molecular formula is C20H26. The van der Waals surface area contributed by atoms with Gasteiger partial charge in [0.15, 0.2) is 0 Å². The molecule has 0 radical (unpaired) electrons. The zero-order valence-corrected chi connectivity index (χ0v) is 12.8. The molecule has 0 unspecified atom stereocenters. The summed E-state index contributed by atoms with van der Waals surface area (Å²) in [6.07, 6.45) is 5.36. The van der Waals surface area contributed by atoms with Crippen LogP contribution in [0.5, 0.6) is 0 Å². The highest BCUT2D eigenvalue weighted by molar-refractivity contribution is 5.18. The van der Waals surface area contributed by atoms with Gasteiger partial charge >= 0.3 is 0 Å². The van der Waals surface area contributed by atoms with Crippen molar-refractivity contribution in [2.45, 2.75) is 33.1 Å². The molecule has 0 bridgehead atoms. The van der Waals surface area contributed by atoms with E-state index in [-0.39, 0.29) is 0 Å². The fourth-order valence-corrected chi connectivity index (χ4v) is 2.26. The number of hydrogen-bond acceptors (Lipinski definition) is 0. The van der Waals surface area contributed by atoms with Crippen molar-refractivity contribution in [1.82, 2.24) is 0 Å². The van der Waals surface area contributed by atoms with Gasteiger partial charge in [0.05, 0.1) is 0 Å². The van der Waals surface area contributed by atoms with E-state index in [4.69, 9.17) is 0 Å². The summed E-state index contributed by atoms with van der Waals surface area (Å²) in [5.41, 5.74) is 2.91. The van der Waals surface area contributed by atoms with E-state index in [1.807, 2.05) is 6.92 Å². The number of hydrogen-bond donors (Lipinski definition) is 0. The van der Waals surface area contributed by atoms with E-state index in [0.717, 1.165) is 5.92 Å². The Balaban J connectivity index is 0.000000612. The third kappa shape index (κ3) is 6.38. The van der Waals surface area contributed by atoms with E-state index in [1.165, 1.54) is 30.4 Å². The molecule has 20 heavy (non-hydrogen) atoms. The van der Waals surface area contributed by atoms with E-state index < -0.39 is 0 Å². The molecule has 106 valence electrons. The summed E-state index contributed by atoms with van der Waals surface area (Å²) >= 11 is 0. The van der Waals surface area contributed by atoms with E-state index >= 15 is 0 Å². The highest BCUT2D eigenvalue weighted by atomic mass is 14.1. The maximum atomic E-state index is 3.36. The minimum absolute atomic E-state index is 0.750. The largest absolute Gasteiger partial charge is 0.103 e. The Morgan fingerprint density at radius 2 is 1.20 bits per heavy atom. The molecule has 0 heterocycles. The van der Waals surface area contributed by atoms with E-state index in [1.54, 1.807) is 6.08 Å². The van der Waals surface area contributed by atoms with Gasteiger partial charge in [-0.1, -0.05) is 80.1 Å². The van der Waals surface area contributed by atoms with Crippen LogP contribution in [0.4, 0.5) is 0 Å². The van der Waals surface area contributed by atoms with E-state index in [0.29, 0.717) is 0 Å². The van der Waals surface area contributed by atoms with Gasteiger partial charge in [-0.15, -0.1) is 6.58 Å². The topological polar surface area (TPSA) is 0 Å². The fourth-order valence-electron chi connectivity index (χ4n) is 2.26. The first-order chi connectivity index (χ1) is 9.80. The minimum Gasteiger partial charge on any atom is -0.103 e. The Hall–Kier alpha value is -1.82. The van der Waals surface area contributed by atoms with Crippen molar-refractivity contribution in [2.75, 3.05) is 0 Å². The molecule has 0 atom stereocenters. The van der Waals surface area contributed by atoms with Crippen LogP contribution in [0, 0.1) is 5.92 Å². The molecular weight excluding hydrogens is 240 g/mol. The summed E-state index contributed by atoms with van der Waals surface area (Å²) < 4.78 is 0. The Bertz CT molecular complexity index is 414. The second-order valence-electron chi connectivity index (χ2n) is 5.06. The summed E-state index contributed by atoms with van der Waals surface area (Å²) in [6.45, 7) is 7.54. The first-order valence-corrected chi connectivity index (χ1v) is 7.45. The van der Waals surface area contributed by atoms with Crippen LogP contribution in [-0.4, -0.2) is 0 Å². The van der Waals surface area contributed by atoms with Crippen LogP contribution in [0.15, 0.2) is 73.3 Å². The lowest BCUT2D eigenvalue weighted by Gasteiger charge is -2.15. The van der Waals surface area contributed by atoms with Gasteiger partial charge in [-0.3, -0.25) is 0 Å². The minimum atomic E-state index is 0.750. The van der Waals surface area contributed by atoms with Crippen molar-refractivity contribution >= 4 is 0 Å². The van der Waals surface area contributed by atoms with Crippen molar-refractivity contribution in [3.63, 3.8) is 0 Å². The normalized spacial score (nSPS) is 9.75. The van der Waals surface area contributed by atoms with Gasteiger partial charge in [-0.2, -0.15) is 0 Å². The van der Waals surface area contributed by atoms with Gasteiger partial charge in [0, 0.05) is 0 Å². The third-order valence-electron chi connectivity index (χ3n) is 3.31. The smallest absolute Gasteiger partial charge is 0.0247 e. The molecule has 0 saturated heterocycles. The zero-order valence-electron chi connectivity index (χ0n) is 12.8. The third-order valence-corrected chi connectivity index (χ3v) is 3.31. The molecule has 0 N–H and O–H groups in total. The molecule has 0 spiro atoms. The molecule has 0 heteroatoms. The quantitative estimate of drug-likeness (QED) is 0.610. The molecule has 2 aromatic rings. The summed E-state index contributed by atoms with van der Waals surface area (Å²) in [6, 6.07) is 21.6. The Morgan fingerprint density at radius 3 is 1.50 bits per heavy atom. The second-order valence-corrected chi connectivity index (χ2v) is 5.06. The van der Waals surface area contributed by atoms with Gasteiger partial charge < -0.3 is 0 Å². The van der Waals surface area contributed by atoms with Crippen LogP contribution in [-0.2, 0) is 12.8 Å². The maximum Gasteiger partial charge on any atom is -0.0247 e. The van der Waals surface area contributed by atoms with E-state index in [9.17, 15) is 0 Å². The lowest BCUT2D eigenvalue weighted by atomic mass is 9.91. The highest BCUT2D eigenvalue weighted by Crippen LogP contribution is 2.17. The van der Waals surface area contributed by atoms with Crippen molar-refractivity contribution < 1.29 is 0 Å². The lowest BCUT2D eigenvalue weighted by Crippen LogP contribution is -2.07. The first kappa shape index (κ1) is 16.2. The van der Waals surface area contributed by atoms with Crippen molar-refractivity contribution in [3.05, 3.63) is 84.4 Å². The van der Waals surface area contributed by atoms with Crippen LogP contribution in [0.2, 0.25) is 0 Å². The molecule has 0 fully saturated rings. The SMILES string of the molecule is C=CC.CCC(Cc1ccccc1)Cc1ccccc1. The average Bonchev–Trinajstić information content (AvgIpc) is 2.49. The molecule has 0 saturated carbocycles. The average molecular weight is 266 g/mol. The standard InChI is InChI=1S/C17H20.C3H6/c1-2-15(13-16-9-5-3-6-10-16)14-17-11-7-4-8-12-17;1-3-2/h3-12,15H,2,13-14H2,1H3;3H,1H2,2H3. The number of benzene rings is 2. The summed E-state index contributed by atoms with van der Waals surface area (Å²) in [5, 5.41) is 0. The van der Waals surface area contributed by atoms with Crippen LogP contribution in [0.3, 0.4) is 0 Å². The maximum absolute atomic E-state index is 3.36. The highest BCUT2D eigenvalue weighted by Gasteiger charge is 2.08. The second kappa shape index (κ2) is 10.0. The molecule has 0 amide bonds. The van der Waals surface area contributed by atoms with Gasteiger partial charge in [0.2, 0.25) is 0 Å². The fraction of sp³-hybridized carbons (Fsp3) is 0.300. The van der Waals surface area contributed by atoms with Crippen LogP contribution in [0.1, 0.15) is 31.4 Å². The van der Waals surface area contributed by atoms with Gasteiger partial charge in [-0.05, 0) is 36.8 Å². The van der Waals surface area contributed by atoms with Crippen molar-refractivity contribution in [2.24, 2.45) is 5.92 Å². The molecule has 0 nitrogen and oxygen atoms in total. The van der Waals surface area contributed by atoms with Gasteiger partial charge in [0.1, 0.15) is 0 Å². The summed E-state index contributed by atoms with van der Waals surface area (Å²) in [5.74, 6) is 0.750. The van der Waals surface area contributed by atoms with Crippen LogP contribution in [0.25, 0.3) is 0 Å². The molecule has 0 aliphatic rings. The molecule has 0 aliphatic heterocycles. The Kier molecular flexibility index (Phi) is 8.14. The monoisotopic (exact) mass is 266 g/mol. The Morgan fingerprint density at radius 1 is 0.850 bits per heavy atom. The molecule has 2 rings (SSSR count). The van der Waals surface area contributed by atoms with Crippen LogP contribution >= 0.6 is 0 Å². The first-order valence-electron chi connectivity index (χ1n) is 7.45. The lowest BCUT2D eigenvalue weighted by molar-refractivity contribution is 0.504. The van der Waals surface area contributed by atoms with Crippen LogP contribution < -0.4 is 0 Å². The number of rotatable bonds is 5. The van der Waals surface area contributed by atoms with Gasteiger partial charge in [-0.25, -0.2) is 0 Å². The predicted molar refractivity (Wildman–Crippen MR) is 89.9 cm³/mol.